The van der Waals surface area contributed by atoms with E-state index in [4.69, 9.17) is 23.2 Å². The van der Waals surface area contributed by atoms with Crippen molar-refractivity contribution in [3.8, 4) is 0 Å². The van der Waals surface area contributed by atoms with E-state index in [0.717, 1.165) is 5.56 Å². The maximum Gasteiger partial charge on any atom is 0.242 e. The first-order chi connectivity index (χ1) is 14.3. The van der Waals surface area contributed by atoms with E-state index < -0.39 is 22.0 Å². The fourth-order valence-corrected chi connectivity index (χ4v) is 5.10. The molecule has 0 unspecified atom stereocenters. The Morgan fingerprint density at radius 3 is 2.33 bits per heavy atom. The van der Waals surface area contributed by atoms with Crippen LogP contribution in [0.2, 0.25) is 10.0 Å². The molecule has 0 aliphatic heterocycles. The van der Waals surface area contributed by atoms with E-state index in [9.17, 15) is 13.2 Å². The molecule has 5 nitrogen and oxygen atoms in total. The summed E-state index contributed by atoms with van der Waals surface area (Å²) >= 11 is 15.4. The van der Waals surface area contributed by atoms with Gasteiger partial charge in [-0.05, 0) is 58.2 Å². The molecular weight excluding hydrogens is 511 g/mol. The SMILES string of the molecule is O=C(Nc1ccccc1Br)[C@@H](Cc1ccccc1)NS(=O)(=O)c1cc(Cl)ccc1Cl. The molecule has 0 bridgehead atoms. The molecular formula is C21H17BrCl2N2O3S. The maximum absolute atomic E-state index is 13.0. The van der Waals surface area contributed by atoms with Crippen LogP contribution < -0.4 is 10.0 Å². The van der Waals surface area contributed by atoms with Crippen LogP contribution in [0, 0.1) is 0 Å². The Kier molecular flexibility index (Phi) is 7.55. The van der Waals surface area contributed by atoms with Crippen molar-refractivity contribution in [3.05, 3.63) is 92.9 Å². The number of hydrogen-bond donors (Lipinski definition) is 2. The van der Waals surface area contributed by atoms with Gasteiger partial charge in [-0.25, -0.2) is 8.42 Å². The first-order valence-electron chi connectivity index (χ1n) is 8.83. The number of carbonyl (C=O) groups is 1. The Hall–Kier alpha value is -1.90. The Balaban J connectivity index is 1.91. The van der Waals surface area contributed by atoms with Crippen molar-refractivity contribution in [2.45, 2.75) is 17.4 Å². The highest BCUT2D eigenvalue weighted by Crippen LogP contribution is 2.26. The molecule has 0 aliphatic rings. The summed E-state index contributed by atoms with van der Waals surface area (Å²) in [5.74, 6) is -0.507. The molecule has 0 spiro atoms. The number of sulfonamides is 1. The summed E-state index contributed by atoms with van der Waals surface area (Å²) < 4.78 is 29.1. The van der Waals surface area contributed by atoms with Crippen molar-refractivity contribution in [2.24, 2.45) is 0 Å². The molecule has 1 atom stereocenters. The molecule has 3 aromatic carbocycles. The van der Waals surface area contributed by atoms with Gasteiger partial charge in [0.2, 0.25) is 15.9 Å². The fourth-order valence-electron chi connectivity index (χ4n) is 2.75. The quantitative estimate of drug-likeness (QED) is 0.438. The standard InChI is InChI=1S/C21H17BrCl2N2O3S/c22-16-8-4-5-9-18(16)25-21(27)19(12-14-6-2-1-3-7-14)26-30(28,29)20-13-15(23)10-11-17(20)24/h1-11,13,19,26H,12H2,(H,25,27)/t19-/m1/s1. The molecule has 3 rings (SSSR count). The van der Waals surface area contributed by atoms with Crippen molar-refractivity contribution in [1.82, 2.24) is 4.72 Å². The minimum absolute atomic E-state index is 0.0107. The number of para-hydroxylation sites is 1. The van der Waals surface area contributed by atoms with E-state index in [-0.39, 0.29) is 21.4 Å². The number of carbonyl (C=O) groups excluding carboxylic acids is 1. The Bertz CT molecular complexity index is 1160. The van der Waals surface area contributed by atoms with Gasteiger partial charge in [-0.15, -0.1) is 0 Å². The van der Waals surface area contributed by atoms with Crippen LogP contribution in [0.5, 0.6) is 0 Å². The molecule has 156 valence electrons. The fraction of sp³-hybridized carbons (Fsp3) is 0.0952. The number of halogens is 3. The second-order valence-corrected chi connectivity index (χ2v) is 9.79. The number of amides is 1. The maximum atomic E-state index is 13.0. The lowest BCUT2D eigenvalue weighted by Crippen LogP contribution is -2.45. The van der Waals surface area contributed by atoms with E-state index in [1.165, 1.54) is 18.2 Å². The Morgan fingerprint density at radius 2 is 1.63 bits per heavy atom. The lowest BCUT2D eigenvalue weighted by molar-refractivity contribution is -0.117. The summed E-state index contributed by atoms with van der Waals surface area (Å²) in [7, 11) is -4.12. The van der Waals surface area contributed by atoms with Crippen LogP contribution in [0.1, 0.15) is 5.56 Å². The van der Waals surface area contributed by atoms with Gasteiger partial charge < -0.3 is 5.32 Å². The molecule has 1 amide bonds. The molecule has 0 radical (unpaired) electrons. The molecule has 0 saturated heterocycles. The van der Waals surface area contributed by atoms with E-state index >= 15 is 0 Å². The van der Waals surface area contributed by atoms with E-state index in [0.29, 0.717) is 10.2 Å². The summed E-state index contributed by atoms with van der Waals surface area (Å²) in [6, 6.07) is 19.2. The second-order valence-electron chi connectivity index (χ2n) is 6.41. The third-order valence-corrected chi connectivity index (χ3v) is 7.09. The summed E-state index contributed by atoms with van der Waals surface area (Å²) in [6.45, 7) is 0. The topological polar surface area (TPSA) is 75.3 Å². The van der Waals surface area contributed by atoms with Crippen LogP contribution in [0.4, 0.5) is 5.69 Å². The van der Waals surface area contributed by atoms with Gasteiger partial charge in [0.15, 0.2) is 0 Å². The summed E-state index contributed by atoms with van der Waals surface area (Å²) in [4.78, 5) is 12.8. The largest absolute Gasteiger partial charge is 0.324 e. The summed E-state index contributed by atoms with van der Waals surface area (Å²) in [5.41, 5.74) is 1.32. The van der Waals surface area contributed by atoms with Crippen molar-refractivity contribution < 1.29 is 13.2 Å². The summed E-state index contributed by atoms with van der Waals surface area (Å²) in [5, 5.41) is 2.99. The Morgan fingerprint density at radius 1 is 0.967 bits per heavy atom. The van der Waals surface area contributed by atoms with E-state index in [1.807, 2.05) is 36.4 Å². The van der Waals surface area contributed by atoms with Crippen molar-refractivity contribution >= 4 is 60.7 Å². The lowest BCUT2D eigenvalue weighted by Gasteiger charge is -2.20. The number of hydrogen-bond acceptors (Lipinski definition) is 3. The minimum atomic E-state index is -4.12. The van der Waals surface area contributed by atoms with Gasteiger partial charge in [0, 0.05) is 9.50 Å². The number of rotatable bonds is 7. The average molecular weight is 528 g/mol. The van der Waals surface area contributed by atoms with Gasteiger partial charge in [-0.3, -0.25) is 4.79 Å². The van der Waals surface area contributed by atoms with Gasteiger partial charge >= 0.3 is 0 Å². The highest BCUT2D eigenvalue weighted by molar-refractivity contribution is 9.10. The number of nitrogens with one attached hydrogen (secondary N) is 2. The third-order valence-electron chi connectivity index (χ3n) is 4.21. The van der Waals surface area contributed by atoms with Crippen LogP contribution in [0.3, 0.4) is 0 Å². The first kappa shape index (κ1) is 22.8. The number of benzene rings is 3. The van der Waals surface area contributed by atoms with Crippen LogP contribution in [0.25, 0.3) is 0 Å². The summed E-state index contributed by atoms with van der Waals surface area (Å²) in [6.07, 6.45) is 0.147. The van der Waals surface area contributed by atoms with E-state index in [1.54, 1.807) is 18.2 Å². The van der Waals surface area contributed by atoms with Crippen LogP contribution >= 0.6 is 39.1 Å². The molecule has 0 fully saturated rings. The molecule has 9 heteroatoms. The highest BCUT2D eigenvalue weighted by atomic mass is 79.9. The predicted octanol–water partition coefficient (Wildman–Crippen LogP) is 5.28. The first-order valence-corrected chi connectivity index (χ1v) is 11.9. The zero-order valence-electron chi connectivity index (χ0n) is 15.5. The molecule has 30 heavy (non-hydrogen) atoms. The van der Waals surface area contributed by atoms with Crippen molar-refractivity contribution in [3.63, 3.8) is 0 Å². The third kappa shape index (κ3) is 5.83. The zero-order valence-corrected chi connectivity index (χ0v) is 19.4. The molecule has 2 N–H and O–H groups in total. The second kappa shape index (κ2) is 9.94. The Labute approximate surface area is 193 Å². The van der Waals surface area contributed by atoms with Crippen LogP contribution in [0.15, 0.2) is 82.2 Å². The van der Waals surface area contributed by atoms with Crippen molar-refractivity contribution in [2.75, 3.05) is 5.32 Å². The highest BCUT2D eigenvalue weighted by Gasteiger charge is 2.28. The van der Waals surface area contributed by atoms with Gasteiger partial charge in [0.25, 0.3) is 0 Å². The smallest absolute Gasteiger partial charge is 0.242 e. The van der Waals surface area contributed by atoms with Crippen LogP contribution in [-0.2, 0) is 21.2 Å². The molecule has 0 aliphatic carbocycles. The van der Waals surface area contributed by atoms with Gasteiger partial charge in [0.1, 0.15) is 10.9 Å². The van der Waals surface area contributed by atoms with Gasteiger partial charge in [-0.2, -0.15) is 4.72 Å². The number of anilines is 1. The monoisotopic (exact) mass is 526 g/mol. The normalized spacial score (nSPS) is 12.4. The van der Waals surface area contributed by atoms with E-state index in [2.05, 4.69) is 26.0 Å². The predicted molar refractivity (Wildman–Crippen MR) is 123 cm³/mol. The molecule has 0 saturated carbocycles. The molecule has 3 aromatic rings. The minimum Gasteiger partial charge on any atom is -0.324 e. The molecule has 0 heterocycles. The van der Waals surface area contributed by atoms with Crippen LogP contribution in [-0.4, -0.2) is 20.4 Å². The van der Waals surface area contributed by atoms with Crippen molar-refractivity contribution in [1.29, 1.82) is 0 Å². The lowest BCUT2D eigenvalue weighted by atomic mass is 10.1. The molecule has 0 aromatic heterocycles. The zero-order chi connectivity index (χ0) is 21.7. The van der Waals surface area contributed by atoms with Gasteiger partial charge in [0.05, 0.1) is 10.7 Å². The van der Waals surface area contributed by atoms with Gasteiger partial charge in [-0.1, -0.05) is 65.7 Å². The average Bonchev–Trinajstić information content (AvgIpc) is 2.71.